The minimum atomic E-state index is -4.35. The summed E-state index contributed by atoms with van der Waals surface area (Å²) in [5.74, 6) is -0.526. The number of benzene rings is 2. The summed E-state index contributed by atoms with van der Waals surface area (Å²) in [5, 5.41) is 8.86. The first-order valence-corrected chi connectivity index (χ1v) is 10.8. The molecule has 168 valence electrons. The quantitative estimate of drug-likeness (QED) is 0.558. The predicted octanol–water partition coefficient (Wildman–Crippen LogP) is 6.16. The van der Waals surface area contributed by atoms with Crippen molar-refractivity contribution in [3.63, 3.8) is 0 Å². The molecular formula is C26H25F3O3. The van der Waals surface area contributed by atoms with Crippen LogP contribution in [0.3, 0.4) is 0 Å². The zero-order valence-electron chi connectivity index (χ0n) is 17.6. The molecule has 32 heavy (non-hydrogen) atoms. The zero-order valence-corrected chi connectivity index (χ0v) is 17.6. The van der Waals surface area contributed by atoms with Crippen LogP contribution in [0.15, 0.2) is 60.7 Å². The number of rotatable bonds is 7. The van der Waals surface area contributed by atoms with E-state index in [4.69, 9.17) is 9.84 Å². The van der Waals surface area contributed by atoms with Crippen LogP contribution in [0, 0.1) is 5.41 Å². The van der Waals surface area contributed by atoms with Gasteiger partial charge in [-0.3, -0.25) is 0 Å². The number of aryl methyl sites for hydroxylation is 1. The van der Waals surface area contributed by atoms with E-state index in [1.807, 2.05) is 30.3 Å². The molecule has 1 atom stereocenters. The van der Waals surface area contributed by atoms with Crippen molar-refractivity contribution in [1.29, 1.82) is 0 Å². The van der Waals surface area contributed by atoms with Crippen molar-refractivity contribution in [2.45, 2.75) is 44.7 Å². The van der Waals surface area contributed by atoms with Crippen molar-refractivity contribution in [2.24, 2.45) is 5.41 Å². The molecule has 0 amide bonds. The number of allylic oxidation sites excluding steroid dienone is 4. The van der Waals surface area contributed by atoms with E-state index in [-0.39, 0.29) is 12.8 Å². The van der Waals surface area contributed by atoms with Gasteiger partial charge in [0.15, 0.2) is 6.61 Å². The van der Waals surface area contributed by atoms with Gasteiger partial charge in [-0.25, -0.2) is 4.79 Å². The first kappa shape index (κ1) is 22.2. The van der Waals surface area contributed by atoms with Crippen LogP contribution < -0.4 is 4.74 Å². The average molecular weight is 442 g/mol. The highest BCUT2D eigenvalue weighted by Gasteiger charge is 2.52. The Labute approximate surface area is 185 Å². The van der Waals surface area contributed by atoms with Gasteiger partial charge in [0.1, 0.15) is 5.75 Å². The minimum absolute atomic E-state index is 0.0344. The SMILES string of the molecule is O=C(O)COc1ccc(CCC2(C(F)(F)F)C=CC(c3ccccc3)=CC2)c2c1CCC2. The van der Waals surface area contributed by atoms with Gasteiger partial charge in [-0.05, 0) is 72.4 Å². The molecule has 2 aliphatic carbocycles. The summed E-state index contributed by atoms with van der Waals surface area (Å²) in [6.07, 6.45) is 2.88. The Kier molecular flexibility index (Phi) is 6.13. The fraction of sp³-hybridized carbons (Fsp3) is 0.346. The highest BCUT2D eigenvalue weighted by atomic mass is 19.4. The summed E-state index contributed by atoms with van der Waals surface area (Å²) < 4.78 is 47.9. The lowest BCUT2D eigenvalue weighted by Gasteiger charge is -2.35. The molecule has 0 fully saturated rings. The van der Waals surface area contributed by atoms with Gasteiger partial charge in [-0.2, -0.15) is 13.2 Å². The molecule has 3 nitrogen and oxygen atoms in total. The summed E-state index contributed by atoms with van der Waals surface area (Å²) in [6.45, 7) is -0.427. The van der Waals surface area contributed by atoms with Crippen molar-refractivity contribution >= 4 is 11.5 Å². The molecule has 0 saturated heterocycles. The highest BCUT2D eigenvalue weighted by molar-refractivity contribution is 5.75. The minimum Gasteiger partial charge on any atom is -0.482 e. The van der Waals surface area contributed by atoms with Crippen molar-refractivity contribution in [2.75, 3.05) is 6.61 Å². The lowest BCUT2D eigenvalue weighted by Crippen LogP contribution is -2.37. The second-order valence-corrected chi connectivity index (χ2v) is 8.43. The standard InChI is InChI=1S/C26H25F3O3/c27-26(28,29)25(14-11-19(12-15-25)18-5-2-1-3-6-18)16-13-20-9-10-23(32-17-24(30)31)22-8-4-7-21(20)22/h1-3,5-6,9-12,14H,4,7-8,13,15-17H2,(H,30,31). The molecule has 0 saturated carbocycles. The summed E-state index contributed by atoms with van der Waals surface area (Å²) in [7, 11) is 0. The molecule has 0 aliphatic heterocycles. The number of carbonyl (C=O) groups is 1. The largest absolute Gasteiger partial charge is 0.482 e. The molecule has 0 radical (unpaired) electrons. The van der Waals surface area contributed by atoms with Gasteiger partial charge in [0.2, 0.25) is 0 Å². The highest BCUT2D eigenvalue weighted by Crippen LogP contribution is 2.49. The van der Waals surface area contributed by atoms with E-state index in [0.29, 0.717) is 12.2 Å². The van der Waals surface area contributed by atoms with Gasteiger partial charge < -0.3 is 9.84 Å². The molecule has 1 unspecified atom stereocenters. The number of alkyl halides is 3. The smallest absolute Gasteiger partial charge is 0.398 e. The maximum atomic E-state index is 14.2. The molecular weight excluding hydrogens is 417 g/mol. The molecule has 2 aromatic rings. The Morgan fingerprint density at radius 2 is 1.81 bits per heavy atom. The Morgan fingerprint density at radius 3 is 2.47 bits per heavy atom. The number of ether oxygens (including phenoxy) is 1. The second kappa shape index (κ2) is 8.85. The van der Waals surface area contributed by atoms with Crippen LogP contribution >= 0.6 is 0 Å². The van der Waals surface area contributed by atoms with Crippen LogP contribution in [0.5, 0.6) is 5.75 Å². The van der Waals surface area contributed by atoms with Gasteiger partial charge >= 0.3 is 12.1 Å². The monoisotopic (exact) mass is 442 g/mol. The molecule has 6 heteroatoms. The number of fused-ring (bicyclic) bond motifs is 1. The van der Waals surface area contributed by atoms with Crippen LogP contribution in [0.1, 0.15) is 41.5 Å². The van der Waals surface area contributed by atoms with Crippen LogP contribution in [-0.2, 0) is 24.1 Å². The summed E-state index contributed by atoms with van der Waals surface area (Å²) in [4.78, 5) is 10.8. The summed E-state index contributed by atoms with van der Waals surface area (Å²) in [6, 6.07) is 12.9. The average Bonchev–Trinajstić information content (AvgIpc) is 3.27. The van der Waals surface area contributed by atoms with Crippen LogP contribution in [0.25, 0.3) is 5.57 Å². The summed E-state index contributed by atoms with van der Waals surface area (Å²) >= 11 is 0. The van der Waals surface area contributed by atoms with E-state index < -0.39 is 24.2 Å². The van der Waals surface area contributed by atoms with E-state index >= 15 is 0 Å². The Morgan fingerprint density at radius 1 is 1.06 bits per heavy atom. The molecule has 0 aromatic heterocycles. The van der Waals surface area contributed by atoms with Crippen LogP contribution in [0.4, 0.5) is 13.2 Å². The molecule has 0 bridgehead atoms. The van der Waals surface area contributed by atoms with E-state index in [0.717, 1.165) is 47.1 Å². The lowest BCUT2D eigenvalue weighted by atomic mass is 9.74. The number of halogens is 3. The maximum absolute atomic E-state index is 14.2. The van der Waals surface area contributed by atoms with E-state index in [1.54, 1.807) is 24.3 Å². The molecule has 2 aromatic carbocycles. The number of hydrogen-bond donors (Lipinski definition) is 1. The van der Waals surface area contributed by atoms with E-state index in [9.17, 15) is 18.0 Å². The third-order valence-corrected chi connectivity index (χ3v) is 6.47. The number of carboxylic acids is 1. The van der Waals surface area contributed by atoms with Crippen molar-refractivity contribution < 1.29 is 27.8 Å². The number of hydrogen-bond acceptors (Lipinski definition) is 2. The normalized spacial score (nSPS) is 20.0. The third kappa shape index (κ3) is 4.45. The van der Waals surface area contributed by atoms with Gasteiger partial charge in [0.25, 0.3) is 0 Å². The number of carboxylic acid groups (broad SMARTS) is 1. The Hall–Kier alpha value is -3.02. The number of aliphatic carboxylic acids is 1. The van der Waals surface area contributed by atoms with Crippen molar-refractivity contribution in [3.8, 4) is 5.75 Å². The molecule has 4 rings (SSSR count). The Balaban J connectivity index is 1.54. The fourth-order valence-electron chi connectivity index (χ4n) is 4.67. The first-order chi connectivity index (χ1) is 15.3. The molecule has 2 aliphatic rings. The lowest BCUT2D eigenvalue weighted by molar-refractivity contribution is -0.207. The third-order valence-electron chi connectivity index (χ3n) is 6.47. The van der Waals surface area contributed by atoms with Crippen molar-refractivity contribution in [3.05, 3.63) is 82.9 Å². The topological polar surface area (TPSA) is 46.5 Å². The predicted molar refractivity (Wildman–Crippen MR) is 117 cm³/mol. The zero-order chi connectivity index (χ0) is 22.8. The first-order valence-electron chi connectivity index (χ1n) is 10.8. The van der Waals surface area contributed by atoms with E-state index in [1.165, 1.54) is 6.08 Å². The van der Waals surface area contributed by atoms with Crippen molar-refractivity contribution in [1.82, 2.24) is 0 Å². The van der Waals surface area contributed by atoms with Gasteiger partial charge in [0.05, 0.1) is 5.41 Å². The maximum Gasteiger partial charge on any atom is 0.398 e. The Bertz CT molecular complexity index is 1050. The van der Waals surface area contributed by atoms with Gasteiger partial charge in [-0.15, -0.1) is 0 Å². The molecule has 0 heterocycles. The summed E-state index contributed by atoms with van der Waals surface area (Å²) in [5.41, 5.74) is 2.69. The molecule has 1 N–H and O–H groups in total. The fourth-order valence-corrected chi connectivity index (χ4v) is 4.67. The van der Waals surface area contributed by atoms with E-state index in [2.05, 4.69) is 0 Å². The van der Waals surface area contributed by atoms with Gasteiger partial charge in [0, 0.05) is 0 Å². The second-order valence-electron chi connectivity index (χ2n) is 8.43. The van der Waals surface area contributed by atoms with Crippen LogP contribution in [-0.4, -0.2) is 23.9 Å². The van der Waals surface area contributed by atoms with Gasteiger partial charge in [-0.1, -0.05) is 54.6 Å². The van der Waals surface area contributed by atoms with Crippen LogP contribution in [0.2, 0.25) is 0 Å². The molecule has 0 spiro atoms.